The minimum Gasteiger partial charge on any atom is -0.493 e. The van der Waals surface area contributed by atoms with Gasteiger partial charge in [-0.1, -0.05) is 44.2 Å². The van der Waals surface area contributed by atoms with Gasteiger partial charge in [-0.05, 0) is 12.5 Å². The lowest BCUT2D eigenvalue weighted by atomic mass is 10.1. The van der Waals surface area contributed by atoms with Crippen LogP contribution in [0.2, 0.25) is 5.02 Å². The lowest BCUT2D eigenvalue weighted by molar-refractivity contribution is 0.251. The van der Waals surface area contributed by atoms with Crippen LogP contribution in [0.15, 0.2) is 12.1 Å². The molecule has 0 heterocycles. The number of aliphatic hydroxyl groups excluding tert-OH is 1. The van der Waals surface area contributed by atoms with Gasteiger partial charge in [0.1, 0.15) is 0 Å². The summed E-state index contributed by atoms with van der Waals surface area (Å²) in [4.78, 5) is 0. The van der Waals surface area contributed by atoms with E-state index in [1.54, 1.807) is 19.2 Å². The van der Waals surface area contributed by atoms with Crippen molar-refractivity contribution in [2.75, 3.05) is 13.7 Å². The third-order valence-corrected chi connectivity index (χ3v) is 3.20. The first-order valence-corrected chi connectivity index (χ1v) is 7.20. The molecule has 0 unspecified atom stereocenters. The number of methoxy groups -OCH3 is 1. The standard InChI is InChI=1S/C15H23ClO3/c1-3-4-5-6-7-8-19-15-12(11-17)9-13(16)10-14(15)18-2/h9-10,17H,3-8,11H2,1-2H3. The van der Waals surface area contributed by atoms with E-state index in [9.17, 15) is 5.11 Å². The zero-order chi connectivity index (χ0) is 14.1. The van der Waals surface area contributed by atoms with Gasteiger partial charge in [-0.15, -0.1) is 0 Å². The molecule has 0 amide bonds. The highest BCUT2D eigenvalue weighted by molar-refractivity contribution is 6.30. The summed E-state index contributed by atoms with van der Waals surface area (Å²) in [5.41, 5.74) is 0.665. The molecule has 1 rings (SSSR count). The first kappa shape index (κ1) is 16.1. The van der Waals surface area contributed by atoms with E-state index in [2.05, 4.69) is 6.92 Å². The lowest BCUT2D eigenvalue weighted by Crippen LogP contribution is -2.03. The smallest absolute Gasteiger partial charge is 0.166 e. The molecule has 0 aromatic heterocycles. The summed E-state index contributed by atoms with van der Waals surface area (Å²) in [6.07, 6.45) is 5.92. The summed E-state index contributed by atoms with van der Waals surface area (Å²) in [5, 5.41) is 9.88. The fourth-order valence-electron chi connectivity index (χ4n) is 1.94. The van der Waals surface area contributed by atoms with Gasteiger partial charge >= 0.3 is 0 Å². The molecule has 0 radical (unpaired) electrons. The van der Waals surface area contributed by atoms with Crippen molar-refractivity contribution in [2.24, 2.45) is 0 Å². The van der Waals surface area contributed by atoms with Crippen LogP contribution in [-0.4, -0.2) is 18.8 Å². The molecule has 0 aliphatic rings. The normalized spacial score (nSPS) is 10.5. The zero-order valence-electron chi connectivity index (χ0n) is 11.7. The fourth-order valence-corrected chi connectivity index (χ4v) is 2.17. The molecular formula is C15H23ClO3. The molecule has 0 spiro atoms. The van der Waals surface area contributed by atoms with Crippen molar-refractivity contribution < 1.29 is 14.6 Å². The van der Waals surface area contributed by atoms with Gasteiger partial charge in [-0.3, -0.25) is 0 Å². The SMILES string of the molecule is CCCCCCCOc1c(CO)cc(Cl)cc1OC. The van der Waals surface area contributed by atoms with Crippen molar-refractivity contribution in [3.63, 3.8) is 0 Å². The maximum Gasteiger partial charge on any atom is 0.166 e. The molecule has 0 bridgehead atoms. The molecule has 0 atom stereocenters. The summed E-state index contributed by atoms with van der Waals surface area (Å²) in [6, 6.07) is 3.41. The average molecular weight is 287 g/mol. The van der Waals surface area contributed by atoms with Gasteiger partial charge < -0.3 is 14.6 Å². The fraction of sp³-hybridized carbons (Fsp3) is 0.600. The molecule has 3 nitrogen and oxygen atoms in total. The van der Waals surface area contributed by atoms with E-state index in [4.69, 9.17) is 21.1 Å². The molecule has 1 aromatic rings. The van der Waals surface area contributed by atoms with Gasteiger partial charge in [0.05, 0.1) is 20.3 Å². The van der Waals surface area contributed by atoms with Crippen LogP contribution < -0.4 is 9.47 Å². The first-order chi connectivity index (χ1) is 9.22. The van der Waals surface area contributed by atoms with Gasteiger partial charge in [-0.2, -0.15) is 0 Å². The zero-order valence-corrected chi connectivity index (χ0v) is 12.5. The number of aliphatic hydroxyl groups is 1. The van der Waals surface area contributed by atoms with E-state index >= 15 is 0 Å². The van der Waals surface area contributed by atoms with Gasteiger partial charge in [0, 0.05) is 16.7 Å². The Labute approximate surface area is 120 Å². The highest BCUT2D eigenvalue weighted by Gasteiger charge is 2.12. The highest BCUT2D eigenvalue weighted by atomic mass is 35.5. The summed E-state index contributed by atoms with van der Waals surface area (Å²) >= 11 is 5.95. The van der Waals surface area contributed by atoms with E-state index in [0.717, 1.165) is 12.8 Å². The molecule has 1 N–H and O–H groups in total. The minimum absolute atomic E-state index is 0.109. The van der Waals surface area contributed by atoms with Crippen LogP contribution in [0.4, 0.5) is 0 Å². The van der Waals surface area contributed by atoms with Crippen molar-refractivity contribution in [3.8, 4) is 11.5 Å². The van der Waals surface area contributed by atoms with Gasteiger partial charge in [0.2, 0.25) is 0 Å². The number of unbranched alkanes of at least 4 members (excludes halogenated alkanes) is 4. The van der Waals surface area contributed by atoms with Gasteiger partial charge in [0.15, 0.2) is 11.5 Å². The minimum atomic E-state index is -0.109. The Morgan fingerprint density at radius 1 is 1.16 bits per heavy atom. The molecule has 108 valence electrons. The second-order valence-electron chi connectivity index (χ2n) is 4.52. The molecule has 0 fully saturated rings. The molecule has 0 aliphatic carbocycles. The second-order valence-corrected chi connectivity index (χ2v) is 4.95. The van der Waals surface area contributed by atoms with Crippen molar-refractivity contribution in [1.29, 1.82) is 0 Å². The molecule has 0 aliphatic heterocycles. The maximum atomic E-state index is 9.34. The van der Waals surface area contributed by atoms with Crippen LogP contribution >= 0.6 is 11.6 Å². The molecule has 0 saturated carbocycles. The molecule has 0 saturated heterocycles. The van der Waals surface area contributed by atoms with Crippen LogP contribution in [0.5, 0.6) is 11.5 Å². The van der Waals surface area contributed by atoms with E-state index in [-0.39, 0.29) is 6.61 Å². The molecule has 19 heavy (non-hydrogen) atoms. The quantitative estimate of drug-likeness (QED) is 0.692. The Morgan fingerprint density at radius 2 is 1.89 bits per heavy atom. The van der Waals surface area contributed by atoms with E-state index in [1.807, 2.05) is 0 Å². The van der Waals surface area contributed by atoms with Crippen molar-refractivity contribution in [3.05, 3.63) is 22.7 Å². The summed E-state index contributed by atoms with van der Waals surface area (Å²) in [5.74, 6) is 1.18. The highest BCUT2D eigenvalue weighted by Crippen LogP contribution is 2.34. The van der Waals surface area contributed by atoms with Crippen molar-refractivity contribution in [1.82, 2.24) is 0 Å². The molecule has 4 heteroatoms. The van der Waals surface area contributed by atoms with Gasteiger partial charge in [0.25, 0.3) is 0 Å². The summed E-state index contributed by atoms with van der Waals surface area (Å²) in [7, 11) is 1.57. The predicted octanol–water partition coefficient (Wildman–Crippen LogP) is 4.19. The Hall–Kier alpha value is -0.930. The first-order valence-electron chi connectivity index (χ1n) is 6.83. The Kier molecular flexibility index (Phi) is 7.68. The average Bonchev–Trinajstić information content (AvgIpc) is 2.43. The lowest BCUT2D eigenvalue weighted by Gasteiger charge is -2.14. The van der Waals surface area contributed by atoms with Crippen LogP contribution in [0, 0.1) is 0 Å². The van der Waals surface area contributed by atoms with Gasteiger partial charge in [-0.25, -0.2) is 0 Å². The number of hydrogen-bond donors (Lipinski definition) is 1. The predicted molar refractivity (Wildman–Crippen MR) is 78.2 cm³/mol. The van der Waals surface area contributed by atoms with Crippen LogP contribution in [0.25, 0.3) is 0 Å². The molecule has 1 aromatic carbocycles. The molecular weight excluding hydrogens is 264 g/mol. The third kappa shape index (κ3) is 5.29. The van der Waals surface area contributed by atoms with Crippen molar-refractivity contribution in [2.45, 2.75) is 45.6 Å². The number of halogens is 1. The third-order valence-electron chi connectivity index (χ3n) is 2.98. The monoisotopic (exact) mass is 286 g/mol. The number of rotatable bonds is 9. The topological polar surface area (TPSA) is 38.7 Å². The van der Waals surface area contributed by atoms with Crippen LogP contribution in [0.1, 0.15) is 44.6 Å². The number of benzene rings is 1. The van der Waals surface area contributed by atoms with E-state index in [1.165, 1.54) is 19.3 Å². The Morgan fingerprint density at radius 3 is 2.53 bits per heavy atom. The van der Waals surface area contributed by atoms with E-state index < -0.39 is 0 Å². The van der Waals surface area contributed by atoms with E-state index in [0.29, 0.717) is 28.7 Å². The number of hydrogen-bond acceptors (Lipinski definition) is 3. The van der Waals surface area contributed by atoms with Crippen LogP contribution in [0.3, 0.4) is 0 Å². The Bertz CT molecular complexity index is 355. The Balaban J connectivity index is 2.56. The largest absolute Gasteiger partial charge is 0.493 e. The van der Waals surface area contributed by atoms with Crippen LogP contribution in [-0.2, 0) is 6.61 Å². The maximum absolute atomic E-state index is 9.34. The summed E-state index contributed by atoms with van der Waals surface area (Å²) < 4.78 is 11.0. The second kappa shape index (κ2) is 9.05. The number of ether oxygens (including phenoxy) is 2. The summed E-state index contributed by atoms with van der Waals surface area (Å²) in [6.45, 7) is 2.72. The van der Waals surface area contributed by atoms with Crippen molar-refractivity contribution >= 4 is 11.6 Å².